The van der Waals surface area contributed by atoms with E-state index in [2.05, 4.69) is 38.8 Å². The number of hydrogen-bond donors (Lipinski definition) is 0. The smallest absolute Gasteiger partial charge is 0.178 e. The normalized spacial score (nSPS) is 29.4. The van der Waals surface area contributed by atoms with Crippen LogP contribution in [0.1, 0.15) is 13.8 Å². The SMILES string of the molecule is CC1=CC(=O)C=C[C@]1(C)C(Br)Br. The molecule has 0 saturated heterocycles. The molecule has 0 fully saturated rings. The molecule has 0 unspecified atom stereocenters. The molecule has 0 aromatic rings. The van der Waals surface area contributed by atoms with Crippen molar-refractivity contribution in [2.75, 3.05) is 0 Å². The van der Waals surface area contributed by atoms with Crippen molar-refractivity contribution in [1.82, 2.24) is 0 Å². The zero-order valence-corrected chi connectivity index (χ0v) is 10.1. The van der Waals surface area contributed by atoms with Gasteiger partial charge >= 0.3 is 0 Å². The fourth-order valence-electron chi connectivity index (χ4n) is 1.05. The molecule has 1 atom stereocenters. The summed E-state index contributed by atoms with van der Waals surface area (Å²) in [6.07, 6.45) is 5.22. The number of alkyl halides is 2. The van der Waals surface area contributed by atoms with E-state index in [1.54, 1.807) is 12.2 Å². The molecule has 3 heteroatoms. The molecule has 0 spiro atoms. The number of halogens is 2. The van der Waals surface area contributed by atoms with Crippen LogP contribution < -0.4 is 0 Å². The lowest BCUT2D eigenvalue weighted by Gasteiger charge is -2.30. The molecule has 1 nitrogen and oxygen atoms in total. The van der Waals surface area contributed by atoms with Crippen molar-refractivity contribution in [3.63, 3.8) is 0 Å². The van der Waals surface area contributed by atoms with E-state index in [1.165, 1.54) is 0 Å². The summed E-state index contributed by atoms with van der Waals surface area (Å²) in [5.41, 5.74) is 0.988. The van der Waals surface area contributed by atoms with Gasteiger partial charge in [-0.2, -0.15) is 0 Å². The van der Waals surface area contributed by atoms with Gasteiger partial charge in [-0.1, -0.05) is 50.4 Å². The minimum Gasteiger partial charge on any atom is -0.290 e. The van der Waals surface area contributed by atoms with E-state index >= 15 is 0 Å². The van der Waals surface area contributed by atoms with Crippen LogP contribution in [0.2, 0.25) is 0 Å². The number of carbonyl (C=O) groups is 1. The Bertz CT molecular complexity index is 266. The third-order valence-corrected chi connectivity index (χ3v) is 4.16. The molecule has 0 amide bonds. The maximum Gasteiger partial charge on any atom is 0.178 e. The predicted molar refractivity (Wildman–Crippen MR) is 57.7 cm³/mol. The molecule has 1 aliphatic rings. The molecule has 0 aromatic heterocycles. The molecule has 0 radical (unpaired) electrons. The first kappa shape index (κ1) is 10.2. The molecule has 1 rings (SSSR count). The summed E-state index contributed by atoms with van der Waals surface area (Å²) >= 11 is 6.93. The van der Waals surface area contributed by atoms with Gasteiger partial charge in [0.15, 0.2) is 5.78 Å². The van der Waals surface area contributed by atoms with E-state index in [-0.39, 0.29) is 14.9 Å². The summed E-state index contributed by atoms with van der Waals surface area (Å²) < 4.78 is 0.165. The van der Waals surface area contributed by atoms with Gasteiger partial charge in [0.25, 0.3) is 0 Å². The molecule has 0 aliphatic heterocycles. The van der Waals surface area contributed by atoms with Gasteiger partial charge in [0, 0.05) is 5.41 Å². The zero-order valence-electron chi connectivity index (χ0n) is 6.97. The van der Waals surface area contributed by atoms with Crippen molar-refractivity contribution in [2.24, 2.45) is 5.41 Å². The van der Waals surface area contributed by atoms with Crippen molar-refractivity contribution < 1.29 is 4.79 Å². The summed E-state index contributed by atoms with van der Waals surface area (Å²) in [4.78, 5) is 11.0. The lowest BCUT2D eigenvalue weighted by molar-refractivity contribution is -0.110. The van der Waals surface area contributed by atoms with Gasteiger partial charge in [0.05, 0.1) is 3.74 Å². The Labute approximate surface area is 89.2 Å². The van der Waals surface area contributed by atoms with Crippen molar-refractivity contribution in [1.29, 1.82) is 0 Å². The molecular formula is C9H10Br2O. The van der Waals surface area contributed by atoms with Crippen LogP contribution in [0.15, 0.2) is 23.8 Å². The molecule has 1 aliphatic carbocycles. The highest BCUT2D eigenvalue weighted by molar-refractivity contribution is 9.24. The molecule has 0 aromatic carbocycles. The highest BCUT2D eigenvalue weighted by atomic mass is 79.9. The van der Waals surface area contributed by atoms with Crippen molar-refractivity contribution in [3.8, 4) is 0 Å². The summed E-state index contributed by atoms with van der Waals surface area (Å²) in [6.45, 7) is 4.05. The van der Waals surface area contributed by atoms with Crippen LogP contribution in [0.5, 0.6) is 0 Å². The summed E-state index contributed by atoms with van der Waals surface area (Å²) in [6, 6.07) is 0. The molecule has 0 saturated carbocycles. The first-order chi connectivity index (χ1) is 5.47. The van der Waals surface area contributed by atoms with Gasteiger partial charge in [-0.3, -0.25) is 4.79 Å². The lowest BCUT2D eigenvalue weighted by Crippen LogP contribution is -2.25. The number of ketones is 1. The van der Waals surface area contributed by atoms with Crippen LogP contribution in [0, 0.1) is 5.41 Å². The Balaban J connectivity index is 3.02. The van der Waals surface area contributed by atoms with Gasteiger partial charge < -0.3 is 0 Å². The monoisotopic (exact) mass is 292 g/mol. The molecule has 12 heavy (non-hydrogen) atoms. The van der Waals surface area contributed by atoms with Gasteiger partial charge in [0.1, 0.15) is 0 Å². The standard InChI is InChI=1S/C9H10Br2O/c1-6-5-7(12)3-4-9(6,2)8(10)11/h3-5,8H,1-2H3/t9-/m0/s1. The topological polar surface area (TPSA) is 17.1 Å². The van der Waals surface area contributed by atoms with E-state index in [4.69, 9.17) is 0 Å². The van der Waals surface area contributed by atoms with Gasteiger partial charge in [-0.25, -0.2) is 0 Å². The molecular weight excluding hydrogens is 284 g/mol. The fraction of sp³-hybridized carbons (Fsp3) is 0.444. The summed E-state index contributed by atoms with van der Waals surface area (Å²) in [7, 11) is 0. The molecule has 0 bridgehead atoms. The Kier molecular flexibility index (Phi) is 2.94. The van der Waals surface area contributed by atoms with Crippen LogP contribution >= 0.6 is 31.9 Å². The summed E-state index contributed by atoms with van der Waals surface area (Å²) in [5.74, 6) is 0.0747. The van der Waals surface area contributed by atoms with Crippen molar-refractivity contribution in [2.45, 2.75) is 17.6 Å². The first-order valence-electron chi connectivity index (χ1n) is 3.67. The number of allylic oxidation sites excluding steroid dienone is 4. The van der Waals surface area contributed by atoms with Gasteiger partial charge in [-0.15, -0.1) is 0 Å². The van der Waals surface area contributed by atoms with E-state index in [9.17, 15) is 4.79 Å². The minimum absolute atomic E-state index is 0.0747. The van der Waals surface area contributed by atoms with Crippen LogP contribution in [0.3, 0.4) is 0 Å². The maximum absolute atomic E-state index is 11.0. The Morgan fingerprint density at radius 2 is 2.08 bits per heavy atom. The highest BCUT2D eigenvalue weighted by Crippen LogP contribution is 2.41. The zero-order chi connectivity index (χ0) is 9.35. The largest absolute Gasteiger partial charge is 0.290 e. The van der Waals surface area contributed by atoms with E-state index in [0.717, 1.165) is 5.57 Å². The van der Waals surface area contributed by atoms with E-state index in [0.29, 0.717) is 0 Å². The third-order valence-electron chi connectivity index (χ3n) is 2.26. The third kappa shape index (κ3) is 1.72. The van der Waals surface area contributed by atoms with E-state index < -0.39 is 0 Å². The second kappa shape index (κ2) is 3.46. The molecule has 0 heterocycles. The second-order valence-corrected chi connectivity index (χ2v) is 6.21. The quantitative estimate of drug-likeness (QED) is 0.679. The van der Waals surface area contributed by atoms with Crippen molar-refractivity contribution in [3.05, 3.63) is 23.8 Å². The molecule has 66 valence electrons. The van der Waals surface area contributed by atoms with Crippen LogP contribution in [0.25, 0.3) is 0 Å². The second-order valence-electron chi connectivity index (χ2n) is 3.15. The number of carbonyl (C=O) groups excluding carboxylic acids is 1. The summed E-state index contributed by atoms with van der Waals surface area (Å²) in [5, 5.41) is 0. The lowest BCUT2D eigenvalue weighted by atomic mass is 9.81. The number of rotatable bonds is 1. The fourth-order valence-corrected chi connectivity index (χ4v) is 2.08. The van der Waals surface area contributed by atoms with Crippen LogP contribution in [-0.4, -0.2) is 9.52 Å². The Hall–Kier alpha value is 0.110. The van der Waals surface area contributed by atoms with Gasteiger partial charge in [-0.05, 0) is 19.1 Å². The highest BCUT2D eigenvalue weighted by Gasteiger charge is 2.32. The molecule has 0 N–H and O–H groups in total. The first-order valence-corrected chi connectivity index (χ1v) is 5.50. The Morgan fingerprint density at radius 1 is 1.50 bits per heavy atom. The maximum atomic E-state index is 11.0. The van der Waals surface area contributed by atoms with E-state index in [1.807, 2.05) is 13.0 Å². The minimum atomic E-state index is -0.0894. The Morgan fingerprint density at radius 3 is 2.50 bits per heavy atom. The van der Waals surface area contributed by atoms with Gasteiger partial charge in [0.2, 0.25) is 0 Å². The van der Waals surface area contributed by atoms with Crippen LogP contribution in [0.4, 0.5) is 0 Å². The number of hydrogen-bond acceptors (Lipinski definition) is 1. The average molecular weight is 294 g/mol. The average Bonchev–Trinajstić information content (AvgIpc) is 1.97. The predicted octanol–water partition coefficient (Wildman–Crippen LogP) is 3.19. The van der Waals surface area contributed by atoms with Crippen molar-refractivity contribution >= 4 is 37.6 Å². The van der Waals surface area contributed by atoms with Crippen LogP contribution in [-0.2, 0) is 4.79 Å².